The first-order chi connectivity index (χ1) is 22.9. The molecule has 248 valence electrons. The molecule has 0 N–H and O–H groups in total. The number of allylic oxidation sites excluding steroid dienone is 6. The summed E-state index contributed by atoms with van der Waals surface area (Å²) in [5.41, 5.74) is 6.19. The highest BCUT2D eigenvalue weighted by Gasteiger charge is 2.36. The third-order valence-electron chi connectivity index (χ3n) is 7.97. The van der Waals surface area contributed by atoms with Gasteiger partial charge in [-0.25, -0.2) is 0 Å². The molecule has 0 aliphatic heterocycles. The Labute approximate surface area is 283 Å². The summed E-state index contributed by atoms with van der Waals surface area (Å²) in [6.07, 6.45) is 20.4. The molecule has 0 amide bonds. The highest BCUT2D eigenvalue weighted by Crippen LogP contribution is 2.53. The van der Waals surface area contributed by atoms with Crippen molar-refractivity contribution in [3.8, 4) is 17.2 Å². The molecular weight excluding hydrogens is 599 g/mol. The number of aryl methyl sites for hydroxylation is 3. The van der Waals surface area contributed by atoms with Gasteiger partial charge in [-0.15, -0.1) is 39.5 Å². The summed E-state index contributed by atoms with van der Waals surface area (Å²) < 4.78 is 34.7. The Kier molecular flexibility index (Phi) is 15.9. The molecule has 0 radical (unpaired) electrons. The van der Waals surface area contributed by atoms with E-state index >= 15 is 4.57 Å². The molecule has 3 rings (SSSR count). The second-order valence-corrected chi connectivity index (χ2v) is 12.8. The SMILES string of the molecule is C=CCCc1cccc(OP(=O)(Oc2cccc(CCC=C)c2CCC=C)Oc2cccc(CCC=C)c2CCC=C)c1CCC=C. The van der Waals surface area contributed by atoms with E-state index in [1.807, 2.05) is 72.9 Å². The summed E-state index contributed by atoms with van der Waals surface area (Å²) in [5.74, 6) is 1.42. The van der Waals surface area contributed by atoms with E-state index in [1.54, 1.807) is 0 Å². The molecule has 3 aromatic carbocycles. The van der Waals surface area contributed by atoms with Crippen LogP contribution in [0.15, 0.2) is 131 Å². The first-order valence-corrected chi connectivity index (χ1v) is 18.1. The first-order valence-electron chi connectivity index (χ1n) is 16.6. The Morgan fingerprint density at radius 1 is 0.426 bits per heavy atom. The Morgan fingerprint density at radius 3 is 0.936 bits per heavy atom. The number of hydrogen-bond acceptors (Lipinski definition) is 4. The van der Waals surface area contributed by atoms with Crippen molar-refractivity contribution in [1.82, 2.24) is 0 Å². The summed E-state index contributed by atoms with van der Waals surface area (Å²) in [4.78, 5) is 0. The zero-order valence-corrected chi connectivity index (χ0v) is 28.9. The van der Waals surface area contributed by atoms with Gasteiger partial charge in [-0.1, -0.05) is 72.9 Å². The maximum absolute atomic E-state index is 15.2. The van der Waals surface area contributed by atoms with E-state index in [0.29, 0.717) is 36.5 Å². The molecule has 0 heterocycles. The average Bonchev–Trinajstić information content (AvgIpc) is 3.07. The maximum atomic E-state index is 15.2. The number of phosphoric ester groups is 1. The van der Waals surface area contributed by atoms with Crippen LogP contribution in [0.3, 0.4) is 0 Å². The minimum absolute atomic E-state index is 0.475. The topological polar surface area (TPSA) is 44.8 Å². The lowest BCUT2D eigenvalue weighted by molar-refractivity contribution is 0.295. The largest absolute Gasteiger partial charge is 0.647 e. The molecule has 0 saturated carbocycles. The van der Waals surface area contributed by atoms with Crippen LogP contribution in [0.4, 0.5) is 0 Å². The van der Waals surface area contributed by atoms with Crippen molar-refractivity contribution in [1.29, 1.82) is 0 Å². The molecule has 0 aliphatic carbocycles. The minimum Gasteiger partial charge on any atom is -0.386 e. The first kappa shape index (κ1) is 37.2. The molecule has 0 fully saturated rings. The van der Waals surface area contributed by atoms with Crippen LogP contribution < -0.4 is 13.6 Å². The number of benzene rings is 3. The van der Waals surface area contributed by atoms with Gasteiger partial charge in [0.15, 0.2) is 0 Å². The normalized spacial score (nSPS) is 10.9. The molecule has 0 saturated heterocycles. The summed E-state index contributed by atoms with van der Waals surface area (Å²) in [5, 5.41) is 0. The molecule has 0 unspecified atom stereocenters. The monoisotopic (exact) mass is 650 g/mol. The molecule has 47 heavy (non-hydrogen) atoms. The fourth-order valence-corrected chi connectivity index (χ4v) is 6.92. The van der Waals surface area contributed by atoms with Crippen LogP contribution in [0.5, 0.6) is 17.2 Å². The van der Waals surface area contributed by atoms with E-state index in [0.717, 1.165) is 91.2 Å². The molecule has 0 aliphatic rings. The van der Waals surface area contributed by atoms with Crippen molar-refractivity contribution in [2.24, 2.45) is 0 Å². The second kappa shape index (κ2) is 20.1. The molecule has 0 spiro atoms. The van der Waals surface area contributed by atoms with Gasteiger partial charge in [-0.05, 0) is 129 Å². The predicted molar refractivity (Wildman–Crippen MR) is 200 cm³/mol. The number of hydrogen-bond donors (Lipinski definition) is 0. The van der Waals surface area contributed by atoms with E-state index in [1.165, 1.54) is 0 Å². The lowest BCUT2D eigenvalue weighted by atomic mass is 9.98. The minimum atomic E-state index is -4.34. The zero-order chi connectivity index (χ0) is 33.9. The van der Waals surface area contributed by atoms with Crippen molar-refractivity contribution in [3.05, 3.63) is 164 Å². The van der Waals surface area contributed by atoms with Crippen LogP contribution in [0, 0.1) is 0 Å². The lowest BCUT2D eigenvalue weighted by Crippen LogP contribution is -2.12. The van der Waals surface area contributed by atoms with Gasteiger partial charge in [-0.3, -0.25) is 0 Å². The van der Waals surface area contributed by atoms with Crippen LogP contribution >= 0.6 is 7.82 Å². The van der Waals surface area contributed by atoms with Crippen LogP contribution in [-0.2, 0) is 43.1 Å². The van der Waals surface area contributed by atoms with E-state index in [2.05, 4.69) is 57.7 Å². The van der Waals surface area contributed by atoms with E-state index in [-0.39, 0.29) is 0 Å². The predicted octanol–water partition coefficient (Wildman–Crippen LogP) is 12.0. The van der Waals surface area contributed by atoms with Gasteiger partial charge in [0.05, 0.1) is 0 Å². The van der Waals surface area contributed by atoms with E-state index in [4.69, 9.17) is 13.6 Å². The van der Waals surface area contributed by atoms with E-state index < -0.39 is 7.82 Å². The lowest BCUT2D eigenvalue weighted by Gasteiger charge is -2.25. The van der Waals surface area contributed by atoms with Crippen molar-refractivity contribution in [2.75, 3.05) is 0 Å². The molecule has 3 aromatic rings. The van der Waals surface area contributed by atoms with Gasteiger partial charge in [0.2, 0.25) is 0 Å². The third-order valence-corrected chi connectivity index (χ3v) is 9.23. The Morgan fingerprint density at radius 2 is 0.681 bits per heavy atom. The zero-order valence-electron chi connectivity index (χ0n) is 28.0. The average molecular weight is 651 g/mol. The van der Waals surface area contributed by atoms with Crippen molar-refractivity contribution >= 4 is 7.82 Å². The van der Waals surface area contributed by atoms with Crippen molar-refractivity contribution in [2.45, 2.75) is 77.0 Å². The van der Waals surface area contributed by atoms with E-state index in [9.17, 15) is 0 Å². The fraction of sp³-hybridized carbons (Fsp3) is 0.286. The Hall–Kier alpha value is -4.27. The summed E-state index contributed by atoms with van der Waals surface area (Å²) >= 11 is 0. The van der Waals surface area contributed by atoms with Crippen LogP contribution in [0.1, 0.15) is 71.9 Å². The highest BCUT2D eigenvalue weighted by atomic mass is 31.2. The molecule has 5 heteroatoms. The molecule has 0 atom stereocenters. The third kappa shape index (κ3) is 11.2. The Balaban J connectivity index is 2.20. The molecule has 4 nitrogen and oxygen atoms in total. The summed E-state index contributed by atoms with van der Waals surface area (Å²) in [6, 6.07) is 17.5. The fourth-order valence-electron chi connectivity index (χ4n) is 5.57. The van der Waals surface area contributed by atoms with Gasteiger partial charge < -0.3 is 13.6 Å². The number of rotatable bonds is 24. The smallest absolute Gasteiger partial charge is 0.386 e. The van der Waals surface area contributed by atoms with Crippen LogP contribution in [0.2, 0.25) is 0 Å². The van der Waals surface area contributed by atoms with Crippen molar-refractivity contribution in [3.63, 3.8) is 0 Å². The van der Waals surface area contributed by atoms with Gasteiger partial charge in [0.1, 0.15) is 17.2 Å². The van der Waals surface area contributed by atoms with Gasteiger partial charge in [0, 0.05) is 0 Å². The molecule has 0 bridgehead atoms. The molecule has 0 aromatic heterocycles. The standard InChI is InChI=1S/C42H51O4P/c1-7-13-22-34-25-19-31-40(37(34)28-16-10-4)44-47(43,45-41-32-20-26-35(23-14-8-2)38(41)29-17-11-5)46-42-33-21-27-36(24-15-9-3)39(42)30-18-12-6/h7-12,19-21,25-27,31-33H,1-6,13-18,22-24,28-30H2. The Bertz CT molecular complexity index is 1380. The maximum Gasteiger partial charge on any atom is 0.647 e. The van der Waals surface area contributed by atoms with Crippen LogP contribution in [0.25, 0.3) is 0 Å². The summed E-state index contributed by atoms with van der Waals surface area (Å²) in [7, 11) is -4.34. The van der Waals surface area contributed by atoms with Crippen LogP contribution in [-0.4, -0.2) is 0 Å². The van der Waals surface area contributed by atoms with Gasteiger partial charge >= 0.3 is 7.82 Å². The van der Waals surface area contributed by atoms with Gasteiger partial charge in [-0.2, -0.15) is 4.57 Å². The molecular formula is C42H51O4P. The van der Waals surface area contributed by atoms with Crippen molar-refractivity contribution < 1.29 is 18.1 Å². The quantitative estimate of drug-likeness (QED) is 0.0715. The van der Waals surface area contributed by atoms with Gasteiger partial charge in [0.25, 0.3) is 0 Å². The number of phosphoric acid groups is 1. The highest BCUT2D eigenvalue weighted by molar-refractivity contribution is 7.49. The second-order valence-electron chi connectivity index (χ2n) is 11.4. The summed E-state index contributed by atoms with van der Waals surface area (Å²) in [6.45, 7) is 23.5.